The molecular weight excluding hydrogens is 576 g/mol. The first-order chi connectivity index (χ1) is 20.2. The number of nitrogens with zero attached hydrogens (tertiary/aromatic N) is 2. The number of hydrogen-bond acceptors (Lipinski definition) is 6. The van der Waals surface area contributed by atoms with Crippen LogP contribution in [0.3, 0.4) is 0 Å². The lowest BCUT2D eigenvalue weighted by molar-refractivity contribution is -0.123. The van der Waals surface area contributed by atoms with Crippen LogP contribution in [0.25, 0.3) is 0 Å². The van der Waals surface area contributed by atoms with Crippen molar-refractivity contribution in [2.45, 2.75) is 17.9 Å². The normalized spacial score (nSPS) is 12.0. The van der Waals surface area contributed by atoms with Crippen molar-refractivity contribution in [2.75, 3.05) is 17.5 Å². The molecule has 0 spiro atoms. The van der Waals surface area contributed by atoms with E-state index in [1.54, 1.807) is 54.6 Å². The third-order valence-electron chi connectivity index (χ3n) is 6.06. The number of hydrogen-bond donors (Lipinski definition) is 2. The summed E-state index contributed by atoms with van der Waals surface area (Å²) in [4.78, 5) is 25.0. The minimum atomic E-state index is -4.06. The molecule has 4 aromatic rings. The Morgan fingerprint density at radius 2 is 1.50 bits per heavy atom. The van der Waals surface area contributed by atoms with Crippen LogP contribution in [0.4, 0.5) is 5.69 Å². The van der Waals surface area contributed by atoms with E-state index in [1.807, 2.05) is 37.3 Å². The number of nitrogens with one attached hydrogen (secondary N) is 2. The first kappa shape index (κ1) is 30.3. The number of ether oxygens (including phenoxy) is 1. The lowest BCUT2D eigenvalue weighted by atomic mass is 10.1. The maximum Gasteiger partial charge on any atom is 0.264 e. The van der Waals surface area contributed by atoms with Gasteiger partial charge in [0, 0.05) is 5.02 Å². The molecule has 0 saturated heterocycles. The molecule has 11 heteroatoms. The number of carbonyl (C=O) groups excluding carboxylic acids is 2. The third kappa shape index (κ3) is 8.42. The summed E-state index contributed by atoms with van der Waals surface area (Å²) in [6, 6.07) is 30.3. The van der Waals surface area contributed by atoms with Crippen molar-refractivity contribution in [3.8, 4) is 5.75 Å². The molecule has 216 valence electrons. The largest absolute Gasteiger partial charge is 0.484 e. The molecule has 4 rings (SSSR count). The lowest BCUT2D eigenvalue weighted by Gasteiger charge is -2.23. The summed E-state index contributed by atoms with van der Waals surface area (Å²) in [6.45, 7) is 1.26. The van der Waals surface area contributed by atoms with Gasteiger partial charge in [0.15, 0.2) is 6.61 Å². The van der Waals surface area contributed by atoms with E-state index in [9.17, 15) is 18.0 Å². The maximum atomic E-state index is 13.3. The van der Waals surface area contributed by atoms with Crippen LogP contribution >= 0.6 is 11.6 Å². The van der Waals surface area contributed by atoms with Crippen molar-refractivity contribution in [1.29, 1.82) is 0 Å². The molecule has 0 aliphatic heterocycles. The Kier molecular flexibility index (Phi) is 10.3. The van der Waals surface area contributed by atoms with E-state index >= 15 is 0 Å². The van der Waals surface area contributed by atoms with E-state index in [0.717, 1.165) is 9.87 Å². The van der Waals surface area contributed by atoms with Gasteiger partial charge in [-0.15, -0.1) is 0 Å². The number of carbonyl (C=O) groups is 2. The molecule has 4 aromatic carbocycles. The van der Waals surface area contributed by atoms with Crippen molar-refractivity contribution >= 4 is 45.3 Å². The second-order valence-electron chi connectivity index (χ2n) is 9.15. The van der Waals surface area contributed by atoms with Crippen molar-refractivity contribution in [2.24, 2.45) is 5.10 Å². The second-order valence-corrected chi connectivity index (χ2v) is 11.5. The highest BCUT2D eigenvalue weighted by Gasteiger charge is 2.27. The molecule has 0 unspecified atom stereocenters. The van der Waals surface area contributed by atoms with Crippen LogP contribution in [0, 0.1) is 0 Å². The number of rotatable bonds is 12. The molecule has 0 bridgehead atoms. The number of benzene rings is 4. The van der Waals surface area contributed by atoms with Crippen LogP contribution in [0.5, 0.6) is 5.75 Å². The van der Waals surface area contributed by atoms with Gasteiger partial charge in [-0.25, -0.2) is 13.8 Å². The summed E-state index contributed by atoms with van der Waals surface area (Å²) >= 11 is 5.91. The molecule has 0 heterocycles. The third-order valence-corrected chi connectivity index (χ3v) is 8.10. The summed E-state index contributed by atoms with van der Waals surface area (Å²) < 4.78 is 33.3. The Bertz CT molecular complexity index is 1620. The van der Waals surface area contributed by atoms with Gasteiger partial charge in [-0.3, -0.25) is 13.9 Å². The van der Waals surface area contributed by atoms with Gasteiger partial charge in [0.05, 0.1) is 22.8 Å². The summed E-state index contributed by atoms with van der Waals surface area (Å²) in [5.74, 6) is -0.393. The zero-order valence-electron chi connectivity index (χ0n) is 22.7. The predicted molar refractivity (Wildman–Crippen MR) is 163 cm³/mol. The zero-order valence-corrected chi connectivity index (χ0v) is 24.3. The zero-order chi connectivity index (χ0) is 30.0. The average Bonchev–Trinajstić information content (AvgIpc) is 3.00. The number of para-hydroxylation sites is 1. The number of hydrazone groups is 1. The average molecular weight is 605 g/mol. The van der Waals surface area contributed by atoms with Crippen LogP contribution in [0.15, 0.2) is 119 Å². The Labute approximate surface area is 249 Å². The van der Waals surface area contributed by atoms with Crippen LogP contribution < -0.4 is 19.8 Å². The molecule has 0 fully saturated rings. The molecule has 0 aliphatic rings. The number of halogens is 1. The number of anilines is 1. The monoisotopic (exact) mass is 604 g/mol. The van der Waals surface area contributed by atoms with Crippen molar-refractivity contribution in [3.63, 3.8) is 0 Å². The van der Waals surface area contributed by atoms with E-state index in [0.29, 0.717) is 22.0 Å². The van der Waals surface area contributed by atoms with Gasteiger partial charge in [-0.05, 0) is 78.7 Å². The van der Waals surface area contributed by atoms with Gasteiger partial charge < -0.3 is 10.1 Å². The van der Waals surface area contributed by atoms with Gasteiger partial charge >= 0.3 is 0 Å². The van der Waals surface area contributed by atoms with Gasteiger partial charge in [0.1, 0.15) is 12.3 Å². The second kappa shape index (κ2) is 14.3. The number of amides is 2. The summed E-state index contributed by atoms with van der Waals surface area (Å²) in [5, 5.41) is 7.23. The highest BCUT2D eigenvalue weighted by molar-refractivity contribution is 7.92. The van der Waals surface area contributed by atoms with Crippen molar-refractivity contribution < 1.29 is 22.7 Å². The van der Waals surface area contributed by atoms with Gasteiger partial charge in [0.25, 0.3) is 21.8 Å². The van der Waals surface area contributed by atoms with Crippen LogP contribution in [0.2, 0.25) is 5.02 Å². The van der Waals surface area contributed by atoms with Crippen LogP contribution in [-0.2, 0) is 19.6 Å². The van der Waals surface area contributed by atoms with Gasteiger partial charge in [-0.2, -0.15) is 5.10 Å². The van der Waals surface area contributed by atoms with Gasteiger partial charge in [-0.1, -0.05) is 60.1 Å². The molecule has 1 atom stereocenters. The minimum absolute atomic E-state index is 0.00227. The Morgan fingerprint density at radius 1 is 0.881 bits per heavy atom. The highest BCUT2D eigenvalue weighted by Crippen LogP contribution is 2.24. The first-order valence-electron chi connectivity index (χ1n) is 12.9. The molecule has 2 N–H and O–H groups in total. The molecule has 0 aromatic heterocycles. The fourth-order valence-corrected chi connectivity index (χ4v) is 5.44. The predicted octanol–water partition coefficient (Wildman–Crippen LogP) is 4.94. The van der Waals surface area contributed by atoms with Crippen molar-refractivity contribution in [3.05, 3.63) is 125 Å². The van der Waals surface area contributed by atoms with Crippen molar-refractivity contribution in [1.82, 2.24) is 10.7 Å². The quantitative estimate of drug-likeness (QED) is 0.175. The Balaban J connectivity index is 1.31. The fraction of sp³-hybridized carbons (Fsp3) is 0.129. The molecule has 42 heavy (non-hydrogen) atoms. The summed E-state index contributed by atoms with van der Waals surface area (Å²) in [6.07, 6.45) is 1.41. The van der Waals surface area contributed by atoms with E-state index in [4.69, 9.17) is 16.3 Å². The Hall–Kier alpha value is -4.67. The van der Waals surface area contributed by atoms with Crippen LogP contribution in [0.1, 0.15) is 24.1 Å². The molecule has 0 aliphatic carbocycles. The van der Waals surface area contributed by atoms with E-state index < -0.39 is 22.5 Å². The molecule has 9 nitrogen and oxygen atoms in total. The van der Waals surface area contributed by atoms with E-state index in [-0.39, 0.29) is 23.5 Å². The Morgan fingerprint density at radius 3 is 2.14 bits per heavy atom. The summed E-state index contributed by atoms with van der Waals surface area (Å²) in [7, 11) is -4.06. The van der Waals surface area contributed by atoms with E-state index in [1.165, 1.54) is 30.5 Å². The first-order valence-corrected chi connectivity index (χ1v) is 14.8. The molecular formula is C31H29ClN4O5S. The molecule has 0 saturated carbocycles. The standard InChI is InChI=1S/C31H29ClN4O5S/c1-23(25-8-4-2-5-9-25)34-31(38)22-41-28-16-12-24(13-17-28)20-33-35-30(37)21-36(27-10-6-3-7-11-27)42(39,40)29-18-14-26(32)15-19-29/h2-20,23H,21-22H2,1H3,(H,34,38)(H,35,37)/b33-20-/t23-/m1/s1. The lowest BCUT2D eigenvalue weighted by Crippen LogP contribution is -2.39. The number of sulfonamides is 1. The topological polar surface area (TPSA) is 117 Å². The van der Waals surface area contributed by atoms with Gasteiger partial charge in [0.2, 0.25) is 0 Å². The minimum Gasteiger partial charge on any atom is -0.484 e. The summed E-state index contributed by atoms with van der Waals surface area (Å²) in [5.41, 5.74) is 4.34. The maximum absolute atomic E-state index is 13.3. The highest BCUT2D eigenvalue weighted by atomic mass is 35.5. The smallest absolute Gasteiger partial charge is 0.264 e. The van der Waals surface area contributed by atoms with Crippen LogP contribution in [-0.4, -0.2) is 39.6 Å². The fourth-order valence-electron chi connectivity index (χ4n) is 3.89. The van der Waals surface area contributed by atoms with E-state index in [2.05, 4.69) is 15.8 Å². The molecule has 2 amide bonds. The SMILES string of the molecule is C[C@@H](NC(=O)COc1ccc(/C=N\NC(=O)CN(c2ccccc2)S(=O)(=O)c2ccc(Cl)cc2)cc1)c1ccccc1. The molecule has 0 radical (unpaired) electrons.